The number of hydrogen-bond donors (Lipinski definition) is 2. The van der Waals surface area contributed by atoms with Gasteiger partial charge in [0.1, 0.15) is 0 Å². The Morgan fingerprint density at radius 3 is 2.58 bits per heavy atom. The van der Waals surface area contributed by atoms with Crippen LogP contribution < -0.4 is 10.6 Å². The zero-order chi connectivity index (χ0) is 17.9. The second kappa shape index (κ2) is 13.2. The molecule has 0 aliphatic carbocycles. The van der Waals surface area contributed by atoms with Crippen molar-refractivity contribution in [2.24, 2.45) is 10.9 Å². The molecule has 1 aromatic carbocycles. The van der Waals surface area contributed by atoms with Gasteiger partial charge in [-0.3, -0.25) is 9.79 Å². The maximum absolute atomic E-state index is 11.5. The van der Waals surface area contributed by atoms with Crippen molar-refractivity contribution < 1.29 is 4.79 Å². The number of guanidine groups is 1. The Labute approximate surface area is 178 Å². The molecule has 7 heteroatoms. The number of nitrogens with one attached hydrogen (secondary N) is 2. The van der Waals surface area contributed by atoms with Crippen LogP contribution in [0.2, 0.25) is 0 Å². The van der Waals surface area contributed by atoms with Crippen LogP contribution in [0.1, 0.15) is 26.2 Å². The van der Waals surface area contributed by atoms with Crippen LogP contribution in [0.5, 0.6) is 0 Å². The predicted molar refractivity (Wildman–Crippen MR) is 122 cm³/mol. The molecule has 1 heterocycles. The smallest absolute Gasteiger partial charge is 0.220 e. The average Bonchev–Trinajstić information content (AvgIpc) is 2.65. The second-order valence-corrected chi connectivity index (χ2v) is 7.37. The molecule has 0 aromatic heterocycles. The van der Waals surface area contributed by atoms with Gasteiger partial charge in [0.2, 0.25) is 5.91 Å². The number of rotatable bonds is 7. The third-order valence-electron chi connectivity index (χ3n) is 4.37. The lowest BCUT2D eigenvalue weighted by Gasteiger charge is -2.34. The summed E-state index contributed by atoms with van der Waals surface area (Å²) < 4.78 is 0. The molecule has 5 nitrogen and oxygen atoms in total. The number of thioether (sulfide) groups is 1. The van der Waals surface area contributed by atoms with Crippen molar-refractivity contribution in [2.75, 3.05) is 39.0 Å². The summed E-state index contributed by atoms with van der Waals surface area (Å²) in [6, 6.07) is 10.4. The van der Waals surface area contributed by atoms with Crippen molar-refractivity contribution in [3.05, 3.63) is 30.3 Å². The number of carbonyl (C=O) groups excluding carboxylic acids is 1. The van der Waals surface area contributed by atoms with Crippen LogP contribution in [0.3, 0.4) is 0 Å². The summed E-state index contributed by atoms with van der Waals surface area (Å²) in [5.41, 5.74) is 0. The average molecular weight is 490 g/mol. The number of likely N-dealkylation sites (tertiary alicyclic amines) is 1. The van der Waals surface area contributed by atoms with E-state index in [-0.39, 0.29) is 29.9 Å². The fraction of sp³-hybridized carbons (Fsp3) is 0.579. The van der Waals surface area contributed by atoms with E-state index in [2.05, 4.69) is 46.7 Å². The first-order valence-electron chi connectivity index (χ1n) is 9.14. The van der Waals surface area contributed by atoms with E-state index in [0.717, 1.165) is 50.7 Å². The summed E-state index contributed by atoms with van der Waals surface area (Å²) in [6.45, 7) is 5.73. The fourth-order valence-electron chi connectivity index (χ4n) is 2.97. The van der Waals surface area contributed by atoms with Crippen LogP contribution in [0, 0.1) is 5.92 Å². The van der Waals surface area contributed by atoms with Crippen LogP contribution in [0.15, 0.2) is 40.2 Å². The number of nitrogens with zero attached hydrogens (tertiary/aromatic N) is 2. The van der Waals surface area contributed by atoms with E-state index in [1.54, 1.807) is 7.05 Å². The first kappa shape index (κ1) is 23.1. The van der Waals surface area contributed by atoms with Gasteiger partial charge in [-0.15, -0.1) is 35.7 Å². The highest BCUT2D eigenvalue weighted by atomic mass is 127. The number of hydrogen-bond acceptors (Lipinski definition) is 3. The Morgan fingerprint density at radius 1 is 1.27 bits per heavy atom. The number of amides is 1. The molecule has 0 spiro atoms. The quantitative estimate of drug-likeness (QED) is 0.203. The first-order valence-corrected chi connectivity index (χ1v) is 10.1. The maximum Gasteiger partial charge on any atom is 0.220 e. The number of carbonyl (C=O) groups is 1. The molecular weight excluding hydrogens is 459 g/mol. The summed E-state index contributed by atoms with van der Waals surface area (Å²) >= 11 is 1.84. The summed E-state index contributed by atoms with van der Waals surface area (Å²) in [4.78, 5) is 19.9. The van der Waals surface area contributed by atoms with Gasteiger partial charge in [-0.25, -0.2) is 0 Å². The molecule has 1 saturated heterocycles. The molecule has 0 bridgehead atoms. The van der Waals surface area contributed by atoms with Crippen molar-refractivity contribution >= 4 is 47.6 Å². The Morgan fingerprint density at radius 2 is 1.96 bits per heavy atom. The van der Waals surface area contributed by atoms with Gasteiger partial charge in [0.15, 0.2) is 5.96 Å². The van der Waals surface area contributed by atoms with E-state index >= 15 is 0 Å². The van der Waals surface area contributed by atoms with E-state index in [0.29, 0.717) is 12.3 Å². The van der Waals surface area contributed by atoms with Gasteiger partial charge in [0, 0.05) is 43.8 Å². The van der Waals surface area contributed by atoms with Crippen molar-refractivity contribution in [2.45, 2.75) is 31.1 Å². The molecule has 146 valence electrons. The fourth-order valence-corrected chi connectivity index (χ4v) is 3.74. The zero-order valence-corrected chi connectivity index (χ0v) is 18.9. The lowest BCUT2D eigenvalue weighted by Crippen LogP contribution is -2.46. The monoisotopic (exact) mass is 490 g/mol. The molecule has 1 aliphatic rings. The standard InChI is InChI=1S/C19H30N4OS.HI/c1-3-21-19(22-11-14-25-17-7-5-4-6-8-17)23-12-9-16(10-13-23)15-18(24)20-2;/h4-8,16H,3,9-15H2,1-2H3,(H,20,24)(H,21,22);1H. The highest BCUT2D eigenvalue weighted by Crippen LogP contribution is 2.21. The highest BCUT2D eigenvalue weighted by molar-refractivity contribution is 14.0. The van der Waals surface area contributed by atoms with E-state index in [4.69, 9.17) is 4.99 Å². The SMILES string of the molecule is CCNC(=NCCSc1ccccc1)N1CCC(CC(=O)NC)CC1.I. The minimum absolute atomic E-state index is 0. The number of piperidine rings is 1. The van der Waals surface area contributed by atoms with Crippen LogP contribution >= 0.6 is 35.7 Å². The predicted octanol–water partition coefficient (Wildman–Crippen LogP) is 3.21. The summed E-state index contributed by atoms with van der Waals surface area (Å²) in [6.07, 6.45) is 2.75. The minimum atomic E-state index is 0. The van der Waals surface area contributed by atoms with Crippen LogP contribution in [0.4, 0.5) is 0 Å². The molecule has 1 amide bonds. The number of benzene rings is 1. The minimum Gasteiger partial charge on any atom is -0.359 e. The third-order valence-corrected chi connectivity index (χ3v) is 5.36. The van der Waals surface area contributed by atoms with Crippen LogP contribution in [-0.2, 0) is 4.79 Å². The first-order chi connectivity index (χ1) is 12.2. The second-order valence-electron chi connectivity index (χ2n) is 6.20. The molecular formula is C19H31IN4OS. The molecule has 0 saturated carbocycles. The molecule has 0 atom stereocenters. The molecule has 0 unspecified atom stereocenters. The van der Waals surface area contributed by atoms with Crippen molar-refractivity contribution in [1.29, 1.82) is 0 Å². The van der Waals surface area contributed by atoms with Crippen LogP contribution in [-0.4, -0.2) is 55.7 Å². The molecule has 1 aliphatic heterocycles. The Hall–Kier alpha value is -0.960. The zero-order valence-electron chi connectivity index (χ0n) is 15.7. The maximum atomic E-state index is 11.5. The van der Waals surface area contributed by atoms with E-state index in [1.807, 2.05) is 17.8 Å². The van der Waals surface area contributed by atoms with Crippen molar-refractivity contribution in [3.63, 3.8) is 0 Å². The summed E-state index contributed by atoms with van der Waals surface area (Å²) in [5, 5.41) is 6.13. The molecule has 2 N–H and O–H groups in total. The van der Waals surface area contributed by atoms with Gasteiger partial charge in [0.25, 0.3) is 0 Å². The van der Waals surface area contributed by atoms with E-state index < -0.39 is 0 Å². The summed E-state index contributed by atoms with van der Waals surface area (Å²) in [5.74, 6) is 2.63. The largest absolute Gasteiger partial charge is 0.359 e. The van der Waals surface area contributed by atoms with Gasteiger partial charge in [-0.1, -0.05) is 18.2 Å². The topological polar surface area (TPSA) is 56.7 Å². The van der Waals surface area contributed by atoms with Gasteiger partial charge in [-0.2, -0.15) is 0 Å². The lowest BCUT2D eigenvalue weighted by molar-refractivity contribution is -0.121. The van der Waals surface area contributed by atoms with Gasteiger partial charge < -0.3 is 15.5 Å². The summed E-state index contributed by atoms with van der Waals surface area (Å²) in [7, 11) is 1.71. The Balaban J connectivity index is 0.00000338. The highest BCUT2D eigenvalue weighted by Gasteiger charge is 2.22. The normalized spacial score (nSPS) is 15.3. The van der Waals surface area contributed by atoms with Gasteiger partial charge in [0.05, 0.1) is 6.54 Å². The van der Waals surface area contributed by atoms with Crippen LogP contribution in [0.25, 0.3) is 0 Å². The van der Waals surface area contributed by atoms with Crippen molar-refractivity contribution in [1.82, 2.24) is 15.5 Å². The molecule has 1 aromatic rings. The van der Waals surface area contributed by atoms with E-state index in [9.17, 15) is 4.79 Å². The van der Waals surface area contributed by atoms with Gasteiger partial charge >= 0.3 is 0 Å². The molecule has 2 rings (SSSR count). The third kappa shape index (κ3) is 8.16. The van der Waals surface area contributed by atoms with Gasteiger partial charge in [-0.05, 0) is 37.8 Å². The molecule has 1 fully saturated rings. The Kier molecular flexibility index (Phi) is 11.8. The number of aliphatic imine (C=N–C) groups is 1. The van der Waals surface area contributed by atoms with E-state index in [1.165, 1.54) is 4.90 Å². The molecule has 0 radical (unpaired) electrons. The molecule has 26 heavy (non-hydrogen) atoms. The number of halogens is 1. The Bertz CT molecular complexity index is 548. The van der Waals surface area contributed by atoms with Crippen molar-refractivity contribution in [3.8, 4) is 0 Å². The lowest BCUT2D eigenvalue weighted by atomic mass is 9.93.